The second-order valence-electron chi connectivity index (χ2n) is 7.18. The van der Waals surface area contributed by atoms with Crippen molar-refractivity contribution in [1.29, 1.82) is 0 Å². The van der Waals surface area contributed by atoms with Crippen LogP contribution >= 0.6 is 0 Å². The van der Waals surface area contributed by atoms with Crippen molar-refractivity contribution in [1.82, 2.24) is 10.6 Å². The van der Waals surface area contributed by atoms with E-state index in [1.165, 1.54) is 0 Å². The third kappa shape index (κ3) is 3.29. The first-order chi connectivity index (χ1) is 11.0. The highest BCUT2D eigenvalue weighted by Crippen LogP contribution is 2.37. The van der Waals surface area contributed by atoms with Crippen LogP contribution < -0.4 is 10.6 Å². The topological polar surface area (TPSA) is 81.6 Å². The predicted molar refractivity (Wildman–Crippen MR) is 88.3 cm³/mol. The molecular formula is C18H26N2O3. The van der Waals surface area contributed by atoms with Gasteiger partial charge in [0, 0.05) is 12.0 Å². The summed E-state index contributed by atoms with van der Waals surface area (Å²) in [6.45, 7) is 2.53. The number of urea groups is 1. The maximum absolute atomic E-state index is 12.2. The molecule has 0 heterocycles. The minimum absolute atomic E-state index is 0.0545. The van der Waals surface area contributed by atoms with E-state index in [0.717, 1.165) is 49.7 Å². The molecule has 5 nitrogen and oxygen atoms in total. The summed E-state index contributed by atoms with van der Waals surface area (Å²) >= 11 is 0. The molecule has 2 aliphatic rings. The molecule has 0 spiro atoms. The lowest BCUT2D eigenvalue weighted by Gasteiger charge is -2.38. The van der Waals surface area contributed by atoms with Gasteiger partial charge in [-0.25, -0.2) is 4.79 Å². The summed E-state index contributed by atoms with van der Waals surface area (Å²) in [5.41, 5.74) is 1.71. The molecular weight excluding hydrogens is 292 g/mol. The Labute approximate surface area is 137 Å². The molecule has 5 heteroatoms. The molecule has 0 saturated heterocycles. The first kappa shape index (κ1) is 16.1. The third-order valence-corrected chi connectivity index (χ3v) is 5.48. The minimum atomic E-state index is -0.347. The Morgan fingerprint density at radius 2 is 2.17 bits per heavy atom. The van der Waals surface area contributed by atoms with Crippen LogP contribution in [0.2, 0.25) is 0 Å². The fraction of sp³-hybridized carbons (Fsp3) is 0.611. The number of benzene rings is 1. The normalized spacial score (nSPS) is 29.8. The summed E-state index contributed by atoms with van der Waals surface area (Å²) in [4.78, 5) is 12.2. The zero-order valence-electron chi connectivity index (χ0n) is 13.6. The Hall–Kier alpha value is -1.75. The van der Waals surface area contributed by atoms with Gasteiger partial charge in [0.25, 0.3) is 0 Å². The molecule has 4 N–H and O–H groups in total. The second-order valence-corrected chi connectivity index (χ2v) is 7.18. The lowest BCUT2D eigenvalue weighted by molar-refractivity contribution is 0.00305. The molecule has 1 fully saturated rings. The van der Waals surface area contributed by atoms with Crippen molar-refractivity contribution >= 4 is 6.03 Å². The van der Waals surface area contributed by atoms with Crippen LogP contribution in [0.1, 0.15) is 56.2 Å². The first-order valence-corrected chi connectivity index (χ1v) is 8.53. The molecule has 2 amide bonds. The number of amides is 2. The van der Waals surface area contributed by atoms with E-state index in [4.69, 9.17) is 0 Å². The smallest absolute Gasteiger partial charge is 0.315 e. The van der Waals surface area contributed by atoms with Crippen LogP contribution in [0.3, 0.4) is 0 Å². The molecule has 0 aromatic heterocycles. The van der Waals surface area contributed by atoms with Crippen molar-refractivity contribution in [3.63, 3.8) is 0 Å². The van der Waals surface area contributed by atoms with Crippen molar-refractivity contribution in [2.24, 2.45) is 5.41 Å². The Balaban J connectivity index is 1.56. The van der Waals surface area contributed by atoms with Gasteiger partial charge in [-0.15, -0.1) is 0 Å². The summed E-state index contributed by atoms with van der Waals surface area (Å²) in [5, 5.41) is 26.0. The molecule has 0 radical (unpaired) electrons. The van der Waals surface area contributed by atoms with Crippen LogP contribution in [0.15, 0.2) is 18.2 Å². The lowest BCUT2D eigenvalue weighted by Crippen LogP contribution is -2.48. The van der Waals surface area contributed by atoms with Crippen LogP contribution in [0.5, 0.6) is 5.75 Å². The van der Waals surface area contributed by atoms with Gasteiger partial charge in [0.15, 0.2) is 0 Å². The molecule has 0 aliphatic heterocycles. The number of rotatable bonds is 3. The van der Waals surface area contributed by atoms with Crippen molar-refractivity contribution in [3.8, 4) is 5.75 Å². The highest BCUT2D eigenvalue weighted by molar-refractivity contribution is 5.74. The number of phenolic OH excluding ortho intramolecular Hbond substituents is 1. The van der Waals surface area contributed by atoms with Gasteiger partial charge in [-0.1, -0.05) is 31.9 Å². The predicted octanol–water partition coefficient (Wildman–Crippen LogP) is 2.62. The van der Waals surface area contributed by atoms with Gasteiger partial charge in [0.05, 0.1) is 12.1 Å². The fourth-order valence-corrected chi connectivity index (χ4v) is 3.86. The Kier molecular flexibility index (Phi) is 4.48. The van der Waals surface area contributed by atoms with Crippen molar-refractivity contribution in [3.05, 3.63) is 29.3 Å². The van der Waals surface area contributed by atoms with E-state index < -0.39 is 0 Å². The molecule has 3 unspecified atom stereocenters. The van der Waals surface area contributed by atoms with Gasteiger partial charge in [-0.3, -0.25) is 0 Å². The summed E-state index contributed by atoms with van der Waals surface area (Å²) in [6.07, 6.45) is 5.16. The summed E-state index contributed by atoms with van der Waals surface area (Å²) in [6, 6.07) is 5.20. The zero-order valence-corrected chi connectivity index (χ0v) is 13.6. The van der Waals surface area contributed by atoms with Crippen LogP contribution in [0.4, 0.5) is 4.79 Å². The lowest BCUT2D eigenvalue weighted by atomic mass is 9.73. The van der Waals surface area contributed by atoms with Crippen LogP contribution in [-0.4, -0.2) is 28.9 Å². The van der Waals surface area contributed by atoms with Crippen LogP contribution in [0, 0.1) is 5.41 Å². The molecule has 3 atom stereocenters. The Morgan fingerprint density at radius 3 is 2.96 bits per heavy atom. The number of aliphatic hydroxyl groups excluding tert-OH is 1. The largest absolute Gasteiger partial charge is 0.508 e. The Morgan fingerprint density at radius 1 is 1.35 bits per heavy atom. The summed E-state index contributed by atoms with van der Waals surface area (Å²) < 4.78 is 0. The molecule has 0 bridgehead atoms. The number of aromatic hydroxyl groups is 1. The Bertz CT molecular complexity index is 590. The summed E-state index contributed by atoms with van der Waals surface area (Å²) in [7, 11) is 0. The molecule has 2 aliphatic carbocycles. The SMILES string of the molecule is CC1(CNC(=O)NC2CCc3c(O)cccc32)CCCCC1O. The third-order valence-electron chi connectivity index (χ3n) is 5.48. The number of fused-ring (bicyclic) bond motifs is 1. The molecule has 1 aromatic carbocycles. The van der Waals surface area contributed by atoms with E-state index in [9.17, 15) is 15.0 Å². The summed E-state index contributed by atoms with van der Waals surface area (Å²) in [5.74, 6) is 0.310. The van der Waals surface area contributed by atoms with Gasteiger partial charge in [0.2, 0.25) is 0 Å². The fourth-order valence-electron chi connectivity index (χ4n) is 3.86. The number of aliphatic hydroxyl groups is 1. The zero-order chi connectivity index (χ0) is 16.4. The molecule has 23 heavy (non-hydrogen) atoms. The van der Waals surface area contributed by atoms with Gasteiger partial charge in [0.1, 0.15) is 5.75 Å². The average molecular weight is 318 g/mol. The minimum Gasteiger partial charge on any atom is -0.508 e. The average Bonchev–Trinajstić information content (AvgIpc) is 2.93. The number of hydrogen-bond acceptors (Lipinski definition) is 3. The van der Waals surface area contributed by atoms with Crippen molar-refractivity contribution < 1.29 is 15.0 Å². The van der Waals surface area contributed by atoms with Gasteiger partial charge in [-0.2, -0.15) is 0 Å². The van der Waals surface area contributed by atoms with Crippen LogP contribution in [0.25, 0.3) is 0 Å². The number of carbonyl (C=O) groups is 1. The van der Waals surface area contributed by atoms with Crippen molar-refractivity contribution in [2.45, 2.75) is 57.6 Å². The standard InChI is InChI=1S/C18H26N2O3/c1-18(10-3-2-7-16(18)22)11-19-17(23)20-14-9-8-13-12(14)5-4-6-15(13)21/h4-6,14,16,21-22H,2-3,7-11H2,1H3,(H2,19,20,23). The van der Waals surface area contributed by atoms with E-state index in [-0.39, 0.29) is 23.6 Å². The molecule has 1 saturated carbocycles. The number of phenols is 1. The quantitative estimate of drug-likeness (QED) is 0.691. The van der Waals surface area contributed by atoms with E-state index in [2.05, 4.69) is 10.6 Å². The highest BCUT2D eigenvalue weighted by atomic mass is 16.3. The number of nitrogens with one attached hydrogen (secondary N) is 2. The molecule has 1 aromatic rings. The number of hydrogen-bond donors (Lipinski definition) is 4. The van der Waals surface area contributed by atoms with Gasteiger partial charge >= 0.3 is 6.03 Å². The molecule has 3 rings (SSSR count). The van der Waals surface area contributed by atoms with E-state index in [1.54, 1.807) is 6.07 Å². The van der Waals surface area contributed by atoms with E-state index in [1.807, 2.05) is 19.1 Å². The second kappa shape index (κ2) is 6.40. The van der Waals surface area contributed by atoms with E-state index >= 15 is 0 Å². The highest BCUT2D eigenvalue weighted by Gasteiger charge is 2.36. The monoisotopic (exact) mass is 318 g/mol. The maximum Gasteiger partial charge on any atom is 0.315 e. The van der Waals surface area contributed by atoms with Crippen molar-refractivity contribution in [2.75, 3.05) is 6.54 Å². The number of carbonyl (C=O) groups excluding carboxylic acids is 1. The van der Waals surface area contributed by atoms with Crippen LogP contribution in [-0.2, 0) is 6.42 Å². The van der Waals surface area contributed by atoms with Gasteiger partial charge in [-0.05, 0) is 42.9 Å². The first-order valence-electron chi connectivity index (χ1n) is 8.53. The molecule has 126 valence electrons. The van der Waals surface area contributed by atoms with Gasteiger partial charge < -0.3 is 20.8 Å². The van der Waals surface area contributed by atoms with E-state index in [0.29, 0.717) is 12.3 Å². The maximum atomic E-state index is 12.2.